The van der Waals surface area contributed by atoms with Gasteiger partial charge < -0.3 is 10.8 Å². The van der Waals surface area contributed by atoms with Crippen LogP contribution in [-0.2, 0) is 0 Å². The Morgan fingerprint density at radius 2 is 2.25 bits per heavy atom. The number of anilines is 1. The van der Waals surface area contributed by atoms with E-state index in [0.29, 0.717) is 11.3 Å². The third-order valence-electron chi connectivity index (χ3n) is 1.82. The van der Waals surface area contributed by atoms with Crippen molar-refractivity contribution in [2.75, 3.05) is 12.3 Å². The highest BCUT2D eigenvalue weighted by molar-refractivity contribution is 5.42. The van der Waals surface area contributed by atoms with E-state index in [9.17, 15) is 4.39 Å². The minimum Gasteiger partial charge on any atom is -0.399 e. The first-order valence-electron chi connectivity index (χ1n) is 3.81. The Labute approximate surface area is 70.8 Å². The number of hydrogen-bond acceptors (Lipinski definition) is 2. The number of benzene rings is 1. The first-order chi connectivity index (χ1) is 5.65. The maximum atomic E-state index is 13.0. The van der Waals surface area contributed by atoms with Gasteiger partial charge in [0.1, 0.15) is 5.82 Å². The van der Waals surface area contributed by atoms with Gasteiger partial charge in [0, 0.05) is 18.2 Å². The number of aliphatic hydroxyl groups excluding tert-OH is 1. The fraction of sp³-hybridized carbons (Fsp3) is 0.333. The number of hydrogen-bond donors (Lipinski definition) is 2. The van der Waals surface area contributed by atoms with Crippen molar-refractivity contribution in [1.82, 2.24) is 0 Å². The lowest BCUT2D eigenvalue weighted by Crippen LogP contribution is -2.02. The summed E-state index contributed by atoms with van der Waals surface area (Å²) in [5.74, 6) is -0.515. The normalized spacial score (nSPS) is 12.9. The van der Waals surface area contributed by atoms with Gasteiger partial charge in [-0.1, -0.05) is 6.92 Å². The van der Waals surface area contributed by atoms with E-state index in [1.165, 1.54) is 12.1 Å². The van der Waals surface area contributed by atoms with Crippen LogP contribution in [0.1, 0.15) is 18.4 Å². The van der Waals surface area contributed by atoms with Crippen LogP contribution in [0.5, 0.6) is 0 Å². The lowest BCUT2D eigenvalue weighted by molar-refractivity contribution is 0.270. The molecule has 0 spiro atoms. The number of nitrogen functional groups attached to an aromatic ring is 1. The standard InChI is InChI=1S/C9H12FNO/c1-6(5-12)8-4-7(11)2-3-9(8)10/h2-4,6,12H,5,11H2,1H3. The van der Waals surface area contributed by atoms with E-state index in [2.05, 4.69) is 0 Å². The molecule has 0 aliphatic heterocycles. The van der Waals surface area contributed by atoms with Crippen molar-refractivity contribution in [3.8, 4) is 0 Å². The average Bonchev–Trinajstić information content (AvgIpc) is 2.08. The molecule has 1 aromatic carbocycles. The highest BCUT2D eigenvalue weighted by atomic mass is 19.1. The van der Waals surface area contributed by atoms with Gasteiger partial charge in [-0.25, -0.2) is 4.39 Å². The molecule has 0 heterocycles. The van der Waals surface area contributed by atoms with Crippen LogP contribution >= 0.6 is 0 Å². The Bertz CT molecular complexity index is 275. The number of aliphatic hydroxyl groups is 1. The third kappa shape index (κ3) is 1.74. The van der Waals surface area contributed by atoms with Gasteiger partial charge in [-0.15, -0.1) is 0 Å². The van der Waals surface area contributed by atoms with Gasteiger partial charge >= 0.3 is 0 Å². The predicted molar refractivity (Wildman–Crippen MR) is 46.3 cm³/mol. The number of halogens is 1. The van der Waals surface area contributed by atoms with Crippen molar-refractivity contribution < 1.29 is 9.50 Å². The molecule has 1 rings (SSSR count). The zero-order valence-corrected chi connectivity index (χ0v) is 6.92. The predicted octanol–water partition coefficient (Wildman–Crippen LogP) is 1.50. The van der Waals surface area contributed by atoms with Crippen molar-refractivity contribution in [3.05, 3.63) is 29.6 Å². The molecule has 0 saturated heterocycles. The molecule has 3 heteroatoms. The molecule has 2 nitrogen and oxygen atoms in total. The van der Waals surface area contributed by atoms with Crippen molar-refractivity contribution in [2.45, 2.75) is 12.8 Å². The Balaban J connectivity index is 3.04. The molecule has 0 aromatic heterocycles. The fourth-order valence-electron chi connectivity index (χ4n) is 1.04. The smallest absolute Gasteiger partial charge is 0.126 e. The minimum absolute atomic E-state index is 0.0691. The largest absolute Gasteiger partial charge is 0.399 e. The summed E-state index contributed by atoms with van der Waals surface area (Å²) < 4.78 is 13.0. The minimum atomic E-state index is -0.314. The van der Waals surface area contributed by atoms with Crippen LogP contribution in [0, 0.1) is 5.82 Å². The van der Waals surface area contributed by atoms with E-state index < -0.39 is 0 Å². The molecule has 66 valence electrons. The van der Waals surface area contributed by atoms with E-state index in [-0.39, 0.29) is 18.3 Å². The summed E-state index contributed by atoms with van der Waals surface area (Å²) in [6, 6.07) is 4.37. The molecule has 1 aromatic rings. The van der Waals surface area contributed by atoms with E-state index in [1.54, 1.807) is 13.0 Å². The second-order valence-electron chi connectivity index (χ2n) is 2.86. The van der Waals surface area contributed by atoms with Crippen molar-refractivity contribution in [3.63, 3.8) is 0 Å². The summed E-state index contributed by atoms with van der Waals surface area (Å²) >= 11 is 0. The molecule has 1 atom stereocenters. The SMILES string of the molecule is CC(CO)c1cc(N)ccc1F. The lowest BCUT2D eigenvalue weighted by atomic mass is 10.0. The van der Waals surface area contributed by atoms with Crippen molar-refractivity contribution >= 4 is 5.69 Å². The molecular weight excluding hydrogens is 157 g/mol. The molecule has 3 N–H and O–H groups in total. The van der Waals surface area contributed by atoms with Gasteiger partial charge in [0.05, 0.1) is 0 Å². The highest BCUT2D eigenvalue weighted by Gasteiger charge is 2.09. The zero-order chi connectivity index (χ0) is 9.14. The molecule has 1 unspecified atom stereocenters. The van der Waals surface area contributed by atoms with Crippen LogP contribution in [0.25, 0.3) is 0 Å². The lowest BCUT2D eigenvalue weighted by Gasteiger charge is -2.09. The zero-order valence-electron chi connectivity index (χ0n) is 6.92. The summed E-state index contributed by atoms with van der Waals surface area (Å²) in [4.78, 5) is 0. The molecule has 0 amide bonds. The Kier molecular flexibility index (Phi) is 2.65. The monoisotopic (exact) mass is 169 g/mol. The van der Waals surface area contributed by atoms with Gasteiger partial charge in [0.2, 0.25) is 0 Å². The van der Waals surface area contributed by atoms with Gasteiger partial charge in [-0.05, 0) is 23.8 Å². The summed E-state index contributed by atoms with van der Waals surface area (Å²) in [5, 5.41) is 8.80. The molecule has 0 fully saturated rings. The van der Waals surface area contributed by atoms with E-state index >= 15 is 0 Å². The molecule has 0 aliphatic rings. The van der Waals surface area contributed by atoms with Crippen LogP contribution in [0.4, 0.5) is 10.1 Å². The van der Waals surface area contributed by atoms with Crippen LogP contribution in [0.15, 0.2) is 18.2 Å². The summed E-state index contributed by atoms with van der Waals surface area (Å²) in [5.41, 5.74) is 6.46. The second kappa shape index (κ2) is 3.54. The first kappa shape index (κ1) is 9.00. The summed E-state index contributed by atoms with van der Waals surface area (Å²) in [6.07, 6.45) is 0. The van der Waals surface area contributed by atoms with E-state index in [0.717, 1.165) is 0 Å². The Hall–Kier alpha value is -1.09. The summed E-state index contributed by atoms with van der Waals surface area (Å²) in [7, 11) is 0. The van der Waals surface area contributed by atoms with E-state index in [1.807, 2.05) is 0 Å². The molecule has 12 heavy (non-hydrogen) atoms. The van der Waals surface area contributed by atoms with Crippen LogP contribution in [0.3, 0.4) is 0 Å². The molecular formula is C9H12FNO. The Morgan fingerprint density at radius 3 is 2.83 bits per heavy atom. The maximum absolute atomic E-state index is 13.0. The van der Waals surface area contributed by atoms with Crippen LogP contribution in [-0.4, -0.2) is 11.7 Å². The number of rotatable bonds is 2. The van der Waals surface area contributed by atoms with E-state index in [4.69, 9.17) is 10.8 Å². The summed E-state index contributed by atoms with van der Waals surface area (Å²) in [6.45, 7) is 1.68. The van der Waals surface area contributed by atoms with Crippen LogP contribution in [0.2, 0.25) is 0 Å². The number of nitrogens with two attached hydrogens (primary N) is 1. The fourth-order valence-corrected chi connectivity index (χ4v) is 1.04. The molecule has 0 radical (unpaired) electrons. The molecule has 0 saturated carbocycles. The van der Waals surface area contributed by atoms with Gasteiger partial charge in [0.15, 0.2) is 0 Å². The quantitative estimate of drug-likeness (QED) is 0.659. The van der Waals surface area contributed by atoms with Gasteiger partial charge in [0.25, 0.3) is 0 Å². The van der Waals surface area contributed by atoms with Crippen LogP contribution < -0.4 is 5.73 Å². The Morgan fingerprint density at radius 1 is 1.58 bits per heavy atom. The first-order valence-corrected chi connectivity index (χ1v) is 3.81. The third-order valence-corrected chi connectivity index (χ3v) is 1.82. The topological polar surface area (TPSA) is 46.2 Å². The van der Waals surface area contributed by atoms with Crippen molar-refractivity contribution in [1.29, 1.82) is 0 Å². The molecule has 0 aliphatic carbocycles. The van der Waals surface area contributed by atoms with Gasteiger partial charge in [-0.2, -0.15) is 0 Å². The highest BCUT2D eigenvalue weighted by Crippen LogP contribution is 2.20. The maximum Gasteiger partial charge on any atom is 0.126 e. The van der Waals surface area contributed by atoms with Gasteiger partial charge in [-0.3, -0.25) is 0 Å². The second-order valence-corrected chi connectivity index (χ2v) is 2.86. The van der Waals surface area contributed by atoms with Crippen molar-refractivity contribution in [2.24, 2.45) is 0 Å². The average molecular weight is 169 g/mol. The molecule has 0 bridgehead atoms.